The van der Waals surface area contributed by atoms with Gasteiger partial charge in [0.25, 0.3) is 5.43 Å². The molecule has 1 aliphatic carbocycles. The van der Waals surface area contributed by atoms with Gasteiger partial charge in [0, 0.05) is 51.6 Å². The van der Waals surface area contributed by atoms with Gasteiger partial charge in [0.2, 0.25) is 10.9 Å². The van der Waals surface area contributed by atoms with Gasteiger partial charge in [0.05, 0.1) is 0 Å². The number of para-hydroxylation sites is 1. The lowest BCUT2D eigenvalue weighted by Crippen LogP contribution is -2.30. The van der Waals surface area contributed by atoms with Crippen LogP contribution in [-0.4, -0.2) is 4.98 Å². The SMILES string of the molecule is CC1C=CCC=C2NC=C(c3c(-c4c[nH]c5ccccc45)c(=O)c(=O)c3=O)C21. The highest BCUT2D eigenvalue weighted by Crippen LogP contribution is 2.41. The van der Waals surface area contributed by atoms with Crippen LogP contribution in [0.15, 0.2) is 75.0 Å². The smallest absolute Gasteiger partial charge is 0.274 e. The Hall–Kier alpha value is -3.47. The van der Waals surface area contributed by atoms with E-state index in [9.17, 15) is 14.4 Å². The lowest BCUT2D eigenvalue weighted by Gasteiger charge is -2.20. The molecule has 2 aromatic carbocycles. The van der Waals surface area contributed by atoms with Crippen molar-refractivity contribution in [3.63, 3.8) is 0 Å². The number of hydrogen-bond donors (Lipinski definition) is 2. The number of fused-ring (bicyclic) bond motifs is 2. The number of aromatic amines is 1. The highest BCUT2D eigenvalue weighted by molar-refractivity contribution is 5.99. The van der Waals surface area contributed by atoms with Crippen molar-refractivity contribution >= 4 is 16.5 Å². The first kappa shape index (κ1) is 16.7. The fraction of sp³-hybridized carbons (Fsp3) is 0.174. The molecule has 5 nitrogen and oxygen atoms in total. The summed E-state index contributed by atoms with van der Waals surface area (Å²) in [7, 11) is 0. The monoisotopic (exact) mass is 370 g/mol. The van der Waals surface area contributed by atoms with Gasteiger partial charge >= 0.3 is 0 Å². The quantitative estimate of drug-likeness (QED) is 0.537. The minimum Gasteiger partial charge on any atom is -0.364 e. The van der Waals surface area contributed by atoms with Crippen LogP contribution in [0, 0.1) is 11.8 Å². The average Bonchev–Trinajstić information content (AvgIpc) is 3.32. The Balaban J connectivity index is 1.80. The van der Waals surface area contributed by atoms with E-state index in [2.05, 4.69) is 35.5 Å². The second-order valence-electron chi connectivity index (χ2n) is 7.39. The van der Waals surface area contributed by atoms with Gasteiger partial charge in [-0.25, -0.2) is 0 Å². The number of H-pyrrole nitrogens is 1. The summed E-state index contributed by atoms with van der Waals surface area (Å²) < 4.78 is 0. The summed E-state index contributed by atoms with van der Waals surface area (Å²) in [5.74, 6) is 0.0712. The van der Waals surface area contributed by atoms with Gasteiger partial charge in [0.1, 0.15) is 0 Å². The molecular weight excluding hydrogens is 352 g/mol. The predicted molar refractivity (Wildman–Crippen MR) is 111 cm³/mol. The van der Waals surface area contributed by atoms with Crippen LogP contribution < -0.4 is 21.6 Å². The predicted octanol–water partition coefficient (Wildman–Crippen LogP) is 2.83. The van der Waals surface area contributed by atoms with Gasteiger partial charge in [-0.3, -0.25) is 14.4 Å². The van der Waals surface area contributed by atoms with Crippen molar-refractivity contribution in [2.24, 2.45) is 11.8 Å². The molecule has 2 heterocycles. The largest absolute Gasteiger partial charge is 0.364 e. The average molecular weight is 370 g/mol. The van der Waals surface area contributed by atoms with E-state index in [-0.39, 0.29) is 23.0 Å². The molecule has 0 fully saturated rings. The van der Waals surface area contributed by atoms with E-state index in [1.807, 2.05) is 24.3 Å². The zero-order valence-corrected chi connectivity index (χ0v) is 15.3. The van der Waals surface area contributed by atoms with Crippen molar-refractivity contribution in [2.45, 2.75) is 13.3 Å². The second-order valence-corrected chi connectivity index (χ2v) is 7.39. The molecule has 0 amide bonds. The second kappa shape index (κ2) is 6.02. The molecular formula is C23H18N2O3. The van der Waals surface area contributed by atoms with Gasteiger partial charge in [-0.1, -0.05) is 43.4 Å². The molecule has 2 atom stereocenters. The van der Waals surface area contributed by atoms with Crippen LogP contribution in [0.4, 0.5) is 0 Å². The first-order chi connectivity index (χ1) is 13.6. The topological polar surface area (TPSA) is 79.0 Å². The zero-order chi connectivity index (χ0) is 19.4. The highest BCUT2D eigenvalue weighted by Gasteiger charge is 2.35. The first-order valence-electron chi connectivity index (χ1n) is 9.35. The maximum atomic E-state index is 12.9. The summed E-state index contributed by atoms with van der Waals surface area (Å²) in [4.78, 5) is 41.2. The molecule has 0 spiro atoms. The Bertz CT molecular complexity index is 1350. The molecule has 0 saturated heterocycles. The number of allylic oxidation sites excluding steroid dienone is 4. The van der Waals surface area contributed by atoms with Crippen LogP contribution in [0.2, 0.25) is 0 Å². The molecule has 0 bridgehead atoms. The van der Waals surface area contributed by atoms with Crippen LogP contribution in [0.1, 0.15) is 18.9 Å². The molecule has 2 N–H and O–H groups in total. The summed E-state index contributed by atoms with van der Waals surface area (Å²) in [6.45, 7) is 2.08. The van der Waals surface area contributed by atoms with E-state index >= 15 is 0 Å². The van der Waals surface area contributed by atoms with Crippen LogP contribution in [0.3, 0.4) is 0 Å². The van der Waals surface area contributed by atoms with Crippen LogP contribution in [0.25, 0.3) is 27.6 Å². The summed E-state index contributed by atoms with van der Waals surface area (Å²) in [5.41, 5.74) is 1.25. The van der Waals surface area contributed by atoms with E-state index in [0.29, 0.717) is 5.56 Å². The fourth-order valence-electron chi connectivity index (χ4n) is 4.46. The number of nitrogens with one attached hydrogen (secondary N) is 2. The van der Waals surface area contributed by atoms with Crippen LogP contribution >= 0.6 is 0 Å². The molecule has 1 aromatic heterocycles. The van der Waals surface area contributed by atoms with Crippen LogP contribution in [-0.2, 0) is 0 Å². The first-order valence-corrected chi connectivity index (χ1v) is 9.35. The Kier molecular flexibility index (Phi) is 3.59. The molecule has 2 aliphatic rings. The lowest BCUT2D eigenvalue weighted by atomic mass is 9.82. The standard InChI is InChI=1S/C23H18N2O3/c1-12-6-2-4-9-17-18(12)15(11-25-17)20-19(21(26)23(28)22(20)27)14-10-24-16-8-5-3-7-13(14)16/h2-3,5-12,18,24-25H,4H2,1H3. The Morgan fingerprint density at radius 3 is 2.64 bits per heavy atom. The molecule has 3 aromatic rings. The van der Waals surface area contributed by atoms with E-state index < -0.39 is 16.3 Å². The van der Waals surface area contributed by atoms with E-state index in [1.165, 1.54) is 0 Å². The van der Waals surface area contributed by atoms with Gasteiger partial charge < -0.3 is 10.3 Å². The highest BCUT2D eigenvalue weighted by atomic mass is 16.2. The summed E-state index contributed by atoms with van der Waals surface area (Å²) in [5, 5.41) is 4.07. The molecule has 1 aliphatic heterocycles. The Labute approximate surface area is 160 Å². The molecule has 2 unspecified atom stereocenters. The normalized spacial score (nSPS) is 21.2. The third kappa shape index (κ3) is 2.22. The third-order valence-corrected chi connectivity index (χ3v) is 5.77. The Morgan fingerprint density at radius 2 is 1.79 bits per heavy atom. The van der Waals surface area contributed by atoms with Gasteiger partial charge in [-0.15, -0.1) is 0 Å². The molecule has 138 valence electrons. The van der Waals surface area contributed by atoms with Crippen molar-refractivity contribution in [2.75, 3.05) is 0 Å². The minimum absolute atomic E-state index is 0.0726. The number of benzene rings is 1. The molecule has 5 rings (SSSR count). The van der Waals surface area contributed by atoms with Gasteiger partial charge in [0.15, 0.2) is 0 Å². The summed E-state index contributed by atoms with van der Waals surface area (Å²) >= 11 is 0. The summed E-state index contributed by atoms with van der Waals surface area (Å²) in [6.07, 6.45) is 10.6. The van der Waals surface area contributed by atoms with E-state index in [1.54, 1.807) is 12.4 Å². The molecule has 0 saturated carbocycles. The number of rotatable bonds is 2. The summed E-state index contributed by atoms with van der Waals surface area (Å²) in [6, 6.07) is 7.55. The fourth-order valence-corrected chi connectivity index (χ4v) is 4.46. The van der Waals surface area contributed by atoms with E-state index in [4.69, 9.17) is 0 Å². The minimum atomic E-state index is -0.953. The van der Waals surface area contributed by atoms with Gasteiger partial charge in [-0.2, -0.15) is 0 Å². The number of hydrogen-bond acceptors (Lipinski definition) is 4. The lowest BCUT2D eigenvalue weighted by molar-refractivity contribution is 0.597. The van der Waals surface area contributed by atoms with Crippen molar-refractivity contribution in [1.82, 2.24) is 10.3 Å². The Morgan fingerprint density at radius 1 is 1.00 bits per heavy atom. The van der Waals surface area contributed by atoms with Crippen molar-refractivity contribution in [3.8, 4) is 11.1 Å². The van der Waals surface area contributed by atoms with Crippen molar-refractivity contribution in [1.29, 1.82) is 0 Å². The third-order valence-electron chi connectivity index (χ3n) is 5.77. The number of aromatic nitrogens is 1. The molecule has 5 heteroatoms. The maximum Gasteiger partial charge on any atom is 0.274 e. The van der Waals surface area contributed by atoms with E-state index in [0.717, 1.165) is 28.6 Å². The zero-order valence-electron chi connectivity index (χ0n) is 15.3. The maximum absolute atomic E-state index is 12.9. The van der Waals surface area contributed by atoms with Crippen molar-refractivity contribution in [3.05, 3.63) is 96.8 Å². The van der Waals surface area contributed by atoms with Crippen molar-refractivity contribution < 1.29 is 0 Å². The molecule has 0 radical (unpaired) electrons. The van der Waals surface area contributed by atoms with Crippen LogP contribution in [0.5, 0.6) is 0 Å². The molecule has 28 heavy (non-hydrogen) atoms. The van der Waals surface area contributed by atoms with Gasteiger partial charge in [-0.05, 0) is 24.0 Å².